The maximum Gasteiger partial charge on any atom is 0.228 e. The number of hydrogen-bond donors (Lipinski definition) is 0. The van der Waals surface area contributed by atoms with Gasteiger partial charge >= 0.3 is 0 Å². The van der Waals surface area contributed by atoms with Crippen LogP contribution in [0, 0.1) is 5.92 Å². The fourth-order valence-corrected chi connectivity index (χ4v) is 3.34. The zero-order valence-corrected chi connectivity index (χ0v) is 14.2. The molecule has 0 spiro atoms. The van der Waals surface area contributed by atoms with Crippen molar-refractivity contribution in [1.82, 2.24) is 4.90 Å². The van der Waals surface area contributed by atoms with Crippen molar-refractivity contribution in [3.8, 4) is 5.75 Å². The molecule has 2 unspecified atom stereocenters. The largest absolute Gasteiger partial charge is 0.492 e. The van der Waals surface area contributed by atoms with Gasteiger partial charge in [0.2, 0.25) is 11.8 Å². The lowest BCUT2D eigenvalue weighted by Gasteiger charge is -2.32. The second kappa shape index (κ2) is 7.21. The van der Waals surface area contributed by atoms with Crippen LogP contribution in [0.4, 0.5) is 5.69 Å². The molecule has 2 saturated heterocycles. The van der Waals surface area contributed by atoms with Gasteiger partial charge in [-0.1, -0.05) is 12.1 Å². The topological polar surface area (TPSA) is 59.1 Å². The predicted octanol–water partition coefficient (Wildman–Crippen LogP) is 1.69. The third-order valence-corrected chi connectivity index (χ3v) is 4.48. The highest BCUT2D eigenvalue weighted by Gasteiger charge is 2.38. The summed E-state index contributed by atoms with van der Waals surface area (Å²) in [6.07, 6.45) is 0.306. The number of amides is 2. The fourth-order valence-electron chi connectivity index (χ4n) is 3.34. The molecule has 130 valence electrons. The highest BCUT2D eigenvalue weighted by atomic mass is 16.5. The number of morpholine rings is 1. The molecule has 2 amide bonds. The van der Waals surface area contributed by atoms with Gasteiger partial charge in [0.15, 0.2) is 0 Å². The van der Waals surface area contributed by atoms with Crippen LogP contribution in [0.1, 0.15) is 20.3 Å². The minimum atomic E-state index is -0.294. The molecule has 0 aliphatic carbocycles. The molecule has 3 rings (SSSR count). The van der Waals surface area contributed by atoms with Crippen molar-refractivity contribution in [3.05, 3.63) is 24.3 Å². The zero-order chi connectivity index (χ0) is 17.1. The monoisotopic (exact) mass is 332 g/mol. The van der Waals surface area contributed by atoms with E-state index < -0.39 is 0 Å². The average Bonchev–Trinajstić information content (AvgIpc) is 2.97. The third kappa shape index (κ3) is 3.38. The second-order valence-corrected chi connectivity index (χ2v) is 6.27. The number of carbonyl (C=O) groups excluding carboxylic acids is 2. The Morgan fingerprint density at radius 1 is 1.33 bits per heavy atom. The summed E-state index contributed by atoms with van der Waals surface area (Å²) < 4.78 is 11.1. The van der Waals surface area contributed by atoms with E-state index in [1.165, 1.54) is 0 Å². The Hall–Kier alpha value is -2.08. The van der Waals surface area contributed by atoms with Gasteiger partial charge in [0, 0.05) is 26.1 Å². The van der Waals surface area contributed by atoms with Gasteiger partial charge < -0.3 is 19.3 Å². The molecule has 24 heavy (non-hydrogen) atoms. The van der Waals surface area contributed by atoms with Gasteiger partial charge in [-0.05, 0) is 26.0 Å². The summed E-state index contributed by atoms with van der Waals surface area (Å²) in [5, 5.41) is 0. The van der Waals surface area contributed by atoms with Crippen molar-refractivity contribution in [2.45, 2.75) is 26.4 Å². The summed E-state index contributed by atoms with van der Waals surface area (Å²) in [6.45, 7) is 6.58. The summed E-state index contributed by atoms with van der Waals surface area (Å²) >= 11 is 0. The van der Waals surface area contributed by atoms with Gasteiger partial charge in [0.05, 0.1) is 30.9 Å². The first-order chi connectivity index (χ1) is 11.6. The second-order valence-electron chi connectivity index (χ2n) is 6.27. The van der Waals surface area contributed by atoms with Crippen LogP contribution in [0.5, 0.6) is 5.75 Å². The van der Waals surface area contributed by atoms with E-state index in [-0.39, 0.29) is 30.3 Å². The molecule has 2 heterocycles. The molecule has 0 radical (unpaired) electrons. The molecule has 2 atom stereocenters. The first-order valence-electron chi connectivity index (χ1n) is 8.52. The van der Waals surface area contributed by atoms with Crippen LogP contribution in [-0.2, 0) is 14.3 Å². The van der Waals surface area contributed by atoms with Gasteiger partial charge in [0.1, 0.15) is 5.75 Å². The molecule has 0 bridgehead atoms. The van der Waals surface area contributed by atoms with E-state index in [9.17, 15) is 9.59 Å². The normalized spacial score (nSPS) is 24.3. The Kier molecular flexibility index (Phi) is 5.04. The number of hydrogen-bond acceptors (Lipinski definition) is 4. The molecule has 2 aliphatic rings. The van der Waals surface area contributed by atoms with Crippen LogP contribution in [0.25, 0.3) is 0 Å². The molecular formula is C18H24N2O4. The van der Waals surface area contributed by atoms with Crippen LogP contribution in [-0.4, -0.2) is 55.7 Å². The highest BCUT2D eigenvalue weighted by Crippen LogP contribution is 2.33. The van der Waals surface area contributed by atoms with Gasteiger partial charge in [-0.15, -0.1) is 0 Å². The maximum absolute atomic E-state index is 12.7. The van der Waals surface area contributed by atoms with Crippen molar-refractivity contribution < 1.29 is 19.1 Å². The Balaban J connectivity index is 1.73. The Morgan fingerprint density at radius 2 is 2.12 bits per heavy atom. The van der Waals surface area contributed by atoms with E-state index in [1.54, 1.807) is 4.90 Å². The predicted molar refractivity (Wildman–Crippen MR) is 90.1 cm³/mol. The quantitative estimate of drug-likeness (QED) is 0.842. The lowest BCUT2D eigenvalue weighted by atomic mass is 10.1. The molecular weight excluding hydrogens is 308 g/mol. The molecule has 6 nitrogen and oxygen atoms in total. The Bertz CT molecular complexity index is 619. The highest BCUT2D eigenvalue weighted by molar-refractivity contribution is 6.01. The van der Waals surface area contributed by atoms with E-state index in [2.05, 4.69) is 0 Å². The molecule has 0 N–H and O–H groups in total. The van der Waals surface area contributed by atoms with E-state index in [4.69, 9.17) is 9.47 Å². The fraction of sp³-hybridized carbons (Fsp3) is 0.556. The van der Waals surface area contributed by atoms with Crippen molar-refractivity contribution in [1.29, 1.82) is 0 Å². The first kappa shape index (κ1) is 16.8. The van der Waals surface area contributed by atoms with Gasteiger partial charge in [-0.3, -0.25) is 9.59 Å². The van der Waals surface area contributed by atoms with Crippen molar-refractivity contribution in [2.24, 2.45) is 5.92 Å². The van der Waals surface area contributed by atoms with Crippen molar-refractivity contribution >= 4 is 17.5 Å². The van der Waals surface area contributed by atoms with E-state index in [0.29, 0.717) is 38.6 Å². The number of carbonyl (C=O) groups is 2. The molecule has 1 aromatic rings. The number of benzene rings is 1. The number of anilines is 1. The van der Waals surface area contributed by atoms with Crippen LogP contribution < -0.4 is 9.64 Å². The average molecular weight is 332 g/mol. The maximum atomic E-state index is 12.7. The molecule has 1 aromatic carbocycles. The summed E-state index contributed by atoms with van der Waals surface area (Å²) in [5.41, 5.74) is 0.745. The Labute approximate surface area is 142 Å². The SMILES string of the molecule is CCOc1ccccc1N1CC(C(=O)N2CCOC(C)C2)CC1=O. The molecule has 2 aliphatic heterocycles. The molecule has 0 aromatic heterocycles. The zero-order valence-electron chi connectivity index (χ0n) is 14.2. The molecule has 0 saturated carbocycles. The summed E-state index contributed by atoms with van der Waals surface area (Å²) in [6, 6.07) is 7.48. The van der Waals surface area contributed by atoms with Crippen LogP contribution >= 0.6 is 0 Å². The van der Waals surface area contributed by atoms with E-state index in [1.807, 2.05) is 43.0 Å². The van der Waals surface area contributed by atoms with E-state index in [0.717, 1.165) is 5.69 Å². The lowest BCUT2D eigenvalue weighted by Crippen LogP contribution is -2.47. The Morgan fingerprint density at radius 3 is 2.88 bits per heavy atom. The third-order valence-electron chi connectivity index (χ3n) is 4.48. The summed E-state index contributed by atoms with van der Waals surface area (Å²) in [4.78, 5) is 28.7. The lowest BCUT2D eigenvalue weighted by molar-refractivity contribution is -0.142. The van der Waals surface area contributed by atoms with Crippen molar-refractivity contribution in [3.63, 3.8) is 0 Å². The van der Waals surface area contributed by atoms with E-state index >= 15 is 0 Å². The van der Waals surface area contributed by atoms with Crippen molar-refractivity contribution in [2.75, 3.05) is 37.7 Å². The number of para-hydroxylation sites is 2. The van der Waals surface area contributed by atoms with Crippen LogP contribution in [0.15, 0.2) is 24.3 Å². The number of nitrogens with zero attached hydrogens (tertiary/aromatic N) is 2. The van der Waals surface area contributed by atoms with Gasteiger partial charge in [-0.25, -0.2) is 0 Å². The summed E-state index contributed by atoms with van der Waals surface area (Å²) in [7, 11) is 0. The number of ether oxygens (including phenoxy) is 2. The standard InChI is InChI=1S/C18H24N2O4/c1-3-23-16-7-5-4-6-15(16)20-12-14(10-17(20)21)18(22)19-8-9-24-13(2)11-19/h4-7,13-14H,3,8-12H2,1-2H3. The van der Waals surface area contributed by atoms with Crippen LogP contribution in [0.3, 0.4) is 0 Å². The van der Waals surface area contributed by atoms with Gasteiger partial charge in [-0.2, -0.15) is 0 Å². The minimum Gasteiger partial charge on any atom is -0.492 e. The minimum absolute atomic E-state index is 0.0261. The first-order valence-corrected chi connectivity index (χ1v) is 8.52. The molecule has 6 heteroatoms. The smallest absolute Gasteiger partial charge is 0.228 e. The summed E-state index contributed by atoms with van der Waals surface area (Å²) in [5.74, 6) is 0.413. The molecule has 2 fully saturated rings. The van der Waals surface area contributed by atoms with Gasteiger partial charge in [0.25, 0.3) is 0 Å². The van der Waals surface area contributed by atoms with Crippen LogP contribution in [0.2, 0.25) is 0 Å². The number of rotatable bonds is 4.